The molecule has 0 spiro atoms. The highest BCUT2D eigenvalue weighted by Crippen LogP contribution is 2.29. The van der Waals surface area contributed by atoms with Crippen molar-refractivity contribution >= 4 is 10.0 Å². The van der Waals surface area contributed by atoms with Crippen LogP contribution >= 0.6 is 0 Å². The van der Waals surface area contributed by atoms with Gasteiger partial charge in [0, 0.05) is 19.1 Å². The Labute approximate surface area is 133 Å². The molecule has 0 amide bonds. The van der Waals surface area contributed by atoms with Gasteiger partial charge in [-0.3, -0.25) is 0 Å². The fourth-order valence-corrected chi connectivity index (χ4v) is 4.13. The second kappa shape index (κ2) is 7.55. The van der Waals surface area contributed by atoms with E-state index in [0.717, 1.165) is 37.9 Å². The number of nitrogens with one attached hydrogen (secondary N) is 2. The summed E-state index contributed by atoms with van der Waals surface area (Å²) in [6.07, 6.45) is 2.65. The molecule has 0 saturated carbocycles. The molecule has 1 aromatic carbocycles. The van der Waals surface area contributed by atoms with Crippen molar-refractivity contribution in [1.82, 2.24) is 10.0 Å². The van der Waals surface area contributed by atoms with E-state index in [-0.39, 0.29) is 5.41 Å². The number of rotatable bonds is 7. The van der Waals surface area contributed by atoms with Crippen molar-refractivity contribution in [2.45, 2.75) is 31.1 Å². The summed E-state index contributed by atoms with van der Waals surface area (Å²) in [4.78, 5) is 0.341. The van der Waals surface area contributed by atoms with Crippen LogP contribution in [0.4, 0.5) is 0 Å². The first kappa shape index (κ1) is 17.4. The molecule has 0 radical (unpaired) electrons. The molecule has 1 fully saturated rings. The van der Waals surface area contributed by atoms with Crippen molar-refractivity contribution in [3.63, 3.8) is 0 Å². The third kappa shape index (κ3) is 4.29. The summed E-state index contributed by atoms with van der Waals surface area (Å²) < 4.78 is 33.2. The molecule has 1 saturated heterocycles. The monoisotopic (exact) mass is 326 g/mol. The highest BCUT2D eigenvalue weighted by Gasteiger charge is 2.33. The minimum Gasteiger partial charge on any atom is -0.384 e. The number of aryl methyl sites for hydroxylation is 1. The van der Waals surface area contributed by atoms with Crippen LogP contribution in [0.1, 0.15) is 25.3 Å². The van der Waals surface area contributed by atoms with E-state index >= 15 is 0 Å². The van der Waals surface area contributed by atoms with E-state index in [0.29, 0.717) is 18.0 Å². The van der Waals surface area contributed by atoms with Crippen LogP contribution in [0.5, 0.6) is 0 Å². The first-order valence-electron chi connectivity index (χ1n) is 7.80. The first-order valence-corrected chi connectivity index (χ1v) is 9.28. The van der Waals surface area contributed by atoms with Gasteiger partial charge in [-0.2, -0.15) is 0 Å². The van der Waals surface area contributed by atoms with Crippen molar-refractivity contribution in [2.75, 3.05) is 33.4 Å². The van der Waals surface area contributed by atoms with E-state index in [4.69, 9.17) is 4.74 Å². The molecule has 2 rings (SSSR count). The van der Waals surface area contributed by atoms with E-state index in [1.165, 1.54) is 0 Å². The Morgan fingerprint density at radius 3 is 2.68 bits per heavy atom. The Kier molecular flexibility index (Phi) is 5.97. The molecule has 1 heterocycles. The van der Waals surface area contributed by atoms with Crippen molar-refractivity contribution in [2.24, 2.45) is 5.41 Å². The lowest BCUT2D eigenvalue weighted by molar-refractivity contribution is 0.0577. The average molecular weight is 326 g/mol. The minimum absolute atomic E-state index is 0.116. The Bertz CT molecular complexity index is 575. The molecule has 0 aromatic heterocycles. The first-order chi connectivity index (χ1) is 10.5. The highest BCUT2D eigenvalue weighted by molar-refractivity contribution is 7.89. The number of methoxy groups -OCH3 is 1. The molecule has 124 valence electrons. The van der Waals surface area contributed by atoms with Gasteiger partial charge in [0.05, 0.1) is 11.5 Å². The summed E-state index contributed by atoms with van der Waals surface area (Å²) in [7, 11) is -1.81. The zero-order chi connectivity index (χ0) is 16.1. The van der Waals surface area contributed by atoms with Gasteiger partial charge in [0.15, 0.2) is 0 Å². The fraction of sp³-hybridized carbons (Fsp3) is 0.625. The zero-order valence-corrected chi connectivity index (χ0v) is 14.2. The Hall–Kier alpha value is -0.950. The van der Waals surface area contributed by atoms with Gasteiger partial charge in [0.25, 0.3) is 0 Å². The number of hydrogen-bond donors (Lipinski definition) is 2. The lowest BCUT2D eigenvalue weighted by atomic mass is 9.80. The third-order valence-corrected chi connectivity index (χ3v) is 5.77. The molecular formula is C16H26N2O3S. The molecular weight excluding hydrogens is 300 g/mol. The Morgan fingerprint density at radius 1 is 1.32 bits per heavy atom. The van der Waals surface area contributed by atoms with Gasteiger partial charge in [0.1, 0.15) is 0 Å². The molecule has 6 heteroatoms. The van der Waals surface area contributed by atoms with Gasteiger partial charge in [0.2, 0.25) is 10.0 Å². The van der Waals surface area contributed by atoms with Crippen LogP contribution in [0.2, 0.25) is 0 Å². The number of hydrogen-bond acceptors (Lipinski definition) is 4. The molecule has 22 heavy (non-hydrogen) atoms. The lowest BCUT2D eigenvalue weighted by Gasteiger charge is -2.37. The second-order valence-corrected chi connectivity index (χ2v) is 7.78. The molecule has 0 bridgehead atoms. The van der Waals surface area contributed by atoms with Crippen molar-refractivity contribution < 1.29 is 13.2 Å². The minimum atomic E-state index is -3.47. The highest BCUT2D eigenvalue weighted by atomic mass is 32.2. The molecule has 0 aliphatic carbocycles. The van der Waals surface area contributed by atoms with E-state index in [1.54, 1.807) is 25.3 Å². The Balaban J connectivity index is 2.10. The van der Waals surface area contributed by atoms with Crippen LogP contribution in [0.3, 0.4) is 0 Å². The van der Waals surface area contributed by atoms with Gasteiger partial charge < -0.3 is 10.1 Å². The van der Waals surface area contributed by atoms with Crippen molar-refractivity contribution in [3.05, 3.63) is 29.8 Å². The molecule has 5 nitrogen and oxygen atoms in total. The molecule has 0 unspecified atom stereocenters. The average Bonchev–Trinajstić information content (AvgIpc) is 2.54. The van der Waals surface area contributed by atoms with Crippen molar-refractivity contribution in [3.8, 4) is 0 Å². The van der Waals surface area contributed by atoms with E-state index in [2.05, 4.69) is 10.0 Å². The van der Waals surface area contributed by atoms with Crippen LogP contribution in [0.15, 0.2) is 29.2 Å². The summed E-state index contributed by atoms with van der Waals surface area (Å²) in [5.41, 5.74) is 0.909. The second-order valence-electron chi connectivity index (χ2n) is 6.01. The topological polar surface area (TPSA) is 67.4 Å². The number of piperidine rings is 1. The number of ether oxygens (including phenoxy) is 1. The number of benzene rings is 1. The predicted octanol–water partition coefficient (Wildman–Crippen LogP) is 1.54. The van der Waals surface area contributed by atoms with Gasteiger partial charge in [-0.25, -0.2) is 13.1 Å². The van der Waals surface area contributed by atoms with Crippen molar-refractivity contribution in [1.29, 1.82) is 0 Å². The Morgan fingerprint density at radius 2 is 2.05 bits per heavy atom. The summed E-state index contributed by atoms with van der Waals surface area (Å²) >= 11 is 0. The SMILES string of the molecule is CCc1cccc(S(=O)(=O)NCC2(COC)CCNCC2)c1. The molecule has 0 atom stereocenters. The van der Waals surface area contributed by atoms with Gasteiger partial charge in [-0.15, -0.1) is 0 Å². The normalized spacial score (nSPS) is 18.3. The van der Waals surface area contributed by atoms with Crippen LogP contribution in [0, 0.1) is 5.41 Å². The standard InChI is InChI=1S/C16H26N2O3S/c1-3-14-5-4-6-15(11-14)22(19,20)18-12-16(13-21-2)7-9-17-10-8-16/h4-6,11,17-18H,3,7-10,12-13H2,1-2H3. The maximum atomic E-state index is 12.5. The number of sulfonamides is 1. The summed E-state index contributed by atoms with van der Waals surface area (Å²) in [6, 6.07) is 7.13. The van der Waals surface area contributed by atoms with Crippen LogP contribution < -0.4 is 10.0 Å². The zero-order valence-electron chi connectivity index (χ0n) is 13.4. The quantitative estimate of drug-likeness (QED) is 0.798. The van der Waals surface area contributed by atoms with Gasteiger partial charge in [-0.1, -0.05) is 19.1 Å². The third-order valence-electron chi connectivity index (χ3n) is 4.37. The molecule has 2 N–H and O–H groups in total. The van der Waals surface area contributed by atoms with E-state index < -0.39 is 10.0 Å². The smallest absolute Gasteiger partial charge is 0.240 e. The predicted molar refractivity (Wildman–Crippen MR) is 87.4 cm³/mol. The van der Waals surface area contributed by atoms with E-state index in [1.807, 2.05) is 13.0 Å². The lowest BCUT2D eigenvalue weighted by Crippen LogP contribution is -2.47. The molecule has 1 aromatic rings. The van der Waals surface area contributed by atoms with Gasteiger partial charge >= 0.3 is 0 Å². The van der Waals surface area contributed by atoms with Gasteiger partial charge in [-0.05, 0) is 50.0 Å². The van der Waals surface area contributed by atoms with Crippen LogP contribution in [-0.4, -0.2) is 41.8 Å². The summed E-state index contributed by atoms with van der Waals surface area (Å²) in [5.74, 6) is 0. The largest absolute Gasteiger partial charge is 0.384 e. The maximum absolute atomic E-state index is 12.5. The van der Waals surface area contributed by atoms with Crippen LogP contribution in [-0.2, 0) is 21.2 Å². The van der Waals surface area contributed by atoms with Crippen LogP contribution in [0.25, 0.3) is 0 Å². The molecule has 1 aliphatic rings. The van der Waals surface area contributed by atoms with E-state index in [9.17, 15) is 8.42 Å². The fourth-order valence-electron chi connectivity index (χ4n) is 2.90. The molecule has 1 aliphatic heterocycles. The summed E-state index contributed by atoms with van der Waals surface area (Å²) in [5, 5.41) is 3.31. The maximum Gasteiger partial charge on any atom is 0.240 e. The summed E-state index contributed by atoms with van der Waals surface area (Å²) in [6.45, 7) is 4.81.